The number of hydrogen-bond donors (Lipinski definition) is 0. The van der Waals surface area contributed by atoms with Gasteiger partial charge in [-0.3, -0.25) is 14.2 Å². The minimum absolute atomic E-state index is 0.264. The smallest absolute Gasteiger partial charge is 0.304 e. The number of aromatic nitrogens is 3. The van der Waals surface area contributed by atoms with Crippen LogP contribution in [0.15, 0.2) is 50.9 Å². The Morgan fingerprint density at radius 3 is 2.20 bits per heavy atom. The Kier molecular flexibility index (Phi) is 5.11. The molecule has 0 radical (unpaired) electrons. The molecule has 1 aliphatic heterocycles. The van der Waals surface area contributed by atoms with E-state index >= 15 is 0 Å². The van der Waals surface area contributed by atoms with Crippen molar-refractivity contribution in [1.29, 1.82) is 0 Å². The molecule has 0 atom stereocenters. The predicted octanol–water partition coefficient (Wildman–Crippen LogP) is 1.74. The molecule has 30 heavy (non-hydrogen) atoms. The third-order valence-corrected chi connectivity index (χ3v) is 7.65. The number of fused-ring (bicyclic) bond motifs is 1. The van der Waals surface area contributed by atoms with Crippen LogP contribution in [0.5, 0.6) is 0 Å². The Balaban J connectivity index is 1.67. The highest BCUT2D eigenvalue weighted by Crippen LogP contribution is 2.27. The number of sulfonamides is 1. The molecule has 0 bridgehead atoms. The molecule has 8 nitrogen and oxygen atoms in total. The second-order valence-corrected chi connectivity index (χ2v) is 9.72. The molecule has 3 heterocycles. The maximum atomic E-state index is 13.0. The van der Waals surface area contributed by atoms with E-state index in [2.05, 4.69) is 4.98 Å². The normalized spacial score (nSPS) is 16.2. The van der Waals surface area contributed by atoms with Crippen LogP contribution in [-0.4, -0.2) is 39.9 Å². The van der Waals surface area contributed by atoms with Crippen LogP contribution in [0.3, 0.4) is 0 Å². The molecule has 0 amide bonds. The molecule has 9 heteroatoms. The number of benzene rings is 1. The summed E-state index contributed by atoms with van der Waals surface area (Å²) in [6.45, 7) is 4.28. The van der Waals surface area contributed by atoms with Crippen molar-refractivity contribution < 1.29 is 8.42 Å². The maximum Gasteiger partial charge on any atom is 0.318 e. The predicted molar refractivity (Wildman–Crippen MR) is 114 cm³/mol. The van der Waals surface area contributed by atoms with Gasteiger partial charge in [0.2, 0.25) is 10.0 Å². The lowest BCUT2D eigenvalue weighted by molar-refractivity contribution is 0.273. The van der Waals surface area contributed by atoms with Crippen molar-refractivity contribution in [2.45, 2.75) is 37.6 Å². The van der Waals surface area contributed by atoms with Crippen LogP contribution in [0.1, 0.15) is 30.1 Å². The van der Waals surface area contributed by atoms with E-state index in [1.165, 1.54) is 13.4 Å². The summed E-state index contributed by atoms with van der Waals surface area (Å²) in [6, 6.07) is 10.1. The molecular weight excluding hydrogens is 404 g/mol. The van der Waals surface area contributed by atoms with Gasteiger partial charge < -0.3 is 4.57 Å². The van der Waals surface area contributed by atoms with Crippen molar-refractivity contribution >= 4 is 21.2 Å². The van der Waals surface area contributed by atoms with Crippen LogP contribution in [0.4, 0.5) is 0 Å². The van der Waals surface area contributed by atoms with Gasteiger partial charge in [0.1, 0.15) is 0 Å². The lowest BCUT2D eigenvalue weighted by Crippen LogP contribution is -2.46. The quantitative estimate of drug-likeness (QED) is 0.593. The first-order valence-electron chi connectivity index (χ1n) is 9.86. The van der Waals surface area contributed by atoms with Gasteiger partial charge in [-0.15, -0.1) is 0 Å². The lowest BCUT2D eigenvalue weighted by atomic mass is 10.1. The van der Waals surface area contributed by atoms with Crippen molar-refractivity contribution in [3.8, 4) is 0 Å². The highest BCUT2D eigenvalue weighted by molar-refractivity contribution is 7.89. The fourth-order valence-electron chi connectivity index (χ4n) is 3.97. The first-order valence-corrected chi connectivity index (χ1v) is 11.3. The third kappa shape index (κ3) is 3.37. The Morgan fingerprint density at radius 2 is 1.57 bits per heavy atom. The summed E-state index contributed by atoms with van der Waals surface area (Å²) in [5.41, 5.74) is 1.55. The van der Waals surface area contributed by atoms with Gasteiger partial charge in [-0.2, -0.15) is 4.31 Å². The topological polar surface area (TPSA) is 94.3 Å². The largest absolute Gasteiger partial charge is 0.318 e. The average Bonchev–Trinajstić information content (AvgIpc) is 2.73. The number of piperidine rings is 1. The van der Waals surface area contributed by atoms with E-state index in [-0.39, 0.29) is 24.0 Å². The molecule has 3 aromatic rings. The maximum absolute atomic E-state index is 13.0. The average molecular weight is 429 g/mol. The molecule has 2 aromatic heterocycles. The van der Waals surface area contributed by atoms with Crippen molar-refractivity contribution in [2.24, 2.45) is 7.05 Å². The van der Waals surface area contributed by atoms with E-state index in [0.717, 1.165) is 11.3 Å². The zero-order chi connectivity index (χ0) is 21.6. The van der Waals surface area contributed by atoms with Crippen molar-refractivity contribution in [2.75, 3.05) is 13.1 Å². The van der Waals surface area contributed by atoms with Crippen molar-refractivity contribution in [1.82, 2.24) is 18.4 Å². The summed E-state index contributed by atoms with van der Waals surface area (Å²) in [6.07, 6.45) is 0.867. The molecule has 0 spiro atoms. The Bertz CT molecular complexity index is 1330. The molecule has 1 fully saturated rings. The van der Waals surface area contributed by atoms with E-state index in [1.54, 1.807) is 43.4 Å². The highest BCUT2D eigenvalue weighted by atomic mass is 32.2. The standard InChI is InChI=1S/C21H24N4O4S/c1-14-4-7-17(8-5-14)30(28,29)24-12-10-16(11-13-24)25-19-18(9-6-15(2)22-19)23(3)20(26)21(25)27/h4-9,16H,10-13H2,1-3H3. The molecule has 0 saturated carbocycles. The van der Waals surface area contributed by atoms with E-state index < -0.39 is 21.1 Å². The monoisotopic (exact) mass is 428 g/mol. The van der Waals surface area contributed by atoms with E-state index in [9.17, 15) is 18.0 Å². The van der Waals surface area contributed by atoms with Gasteiger partial charge >= 0.3 is 11.1 Å². The molecule has 0 N–H and O–H groups in total. The summed E-state index contributed by atoms with van der Waals surface area (Å²) >= 11 is 0. The van der Waals surface area contributed by atoms with Crippen LogP contribution >= 0.6 is 0 Å². The summed E-state index contributed by atoms with van der Waals surface area (Å²) in [5.74, 6) is 0. The minimum atomic E-state index is -3.59. The van der Waals surface area contributed by atoms with Crippen LogP contribution in [0.2, 0.25) is 0 Å². The Labute approximate surface area is 174 Å². The van der Waals surface area contributed by atoms with Gasteiger partial charge in [0.25, 0.3) is 0 Å². The number of hydrogen-bond acceptors (Lipinski definition) is 5. The fourth-order valence-corrected chi connectivity index (χ4v) is 5.44. The van der Waals surface area contributed by atoms with E-state index in [4.69, 9.17) is 0 Å². The first kappa shape index (κ1) is 20.5. The fraction of sp³-hybridized carbons (Fsp3) is 0.381. The zero-order valence-corrected chi connectivity index (χ0v) is 18.0. The van der Waals surface area contributed by atoms with Crippen molar-refractivity contribution in [3.63, 3.8) is 0 Å². The molecule has 158 valence electrons. The summed E-state index contributed by atoms with van der Waals surface area (Å²) in [7, 11) is -2.03. The van der Waals surface area contributed by atoms with Crippen LogP contribution < -0.4 is 11.1 Å². The van der Waals surface area contributed by atoms with Gasteiger partial charge in [-0.25, -0.2) is 13.4 Å². The molecule has 1 aliphatic rings. The summed E-state index contributed by atoms with van der Waals surface area (Å²) in [5, 5.41) is 0. The second-order valence-electron chi connectivity index (χ2n) is 7.78. The van der Waals surface area contributed by atoms with Crippen molar-refractivity contribution in [3.05, 3.63) is 68.4 Å². The minimum Gasteiger partial charge on any atom is -0.304 e. The number of nitrogens with zero attached hydrogens (tertiary/aromatic N) is 4. The van der Waals surface area contributed by atoms with Crippen LogP contribution in [0, 0.1) is 13.8 Å². The van der Waals surface area contributed by atoms with Gasteiger partial charge in [0.15, 0.2) is 5.65 Å². The number of pyridine rings is 1. The second kappa shape index (κ2) is 7.48. The highest BCUT2D eigenvalue weighted by Gasteiger charge is 2.31. The number of rotatable bonds is 3. The third-order valence-electron chi connectivity index (χ3n) is 5.74. The number of aryl methyl sites for hydroxylation is 3. The molecule has 1 aromatic carbocycles. The molecular formula is C21H24N4O4S. The Hall–Kier alpha value is -2.78. The summed E-state index contributed by atoms with van der Waals surface area (Å²) < 4.78 is 30.1. The van der Waals surface area contributed by atoms with Crippen LogP contribution in [0.25, 0.3) is 11.2 Å². The van der Waals surface area contributed by atoms with Crippen LogP contribution in [-0.2, 0) is 17.1 Å². The van der Waals surface area contributed by atoms with Gasteiger partial charge in [0, 0.05) is 31.9 Å². The van der Waals surface area contributed by atoms with Gasteiger partial charge in [-0.05, 0) is 51.0 Å². The van der Waals surface area contributed by atoms with E-state index in [0.29, 0.717) is 24.0 Å². The molecule has 0 aliphatic carbocycles. The zero-order valence-electron chi connectivity index (χ0n) is 17.2. The molecule has 0 unspecified atom stereocenters. The first-order chi connectivity index (χ1) is 14.2. The summed E-state index contributed by atoms with van der Waals surface area (Å²) in [4.78, 5) is 30.0. The van der Waals surface area contributed by atoms with Gasteiger partial charge in [-0.1, -0.05) is 17.7 Å². The Morgan fingerprint density at radius 1 is 0.933 bits per heavy atom. The molecule has 4 rings (SSSR count). The lowest BCUT2D eigenvalue weighted by Gasteiger charge is -2.32. The SMILES string of the molecule is Cc1ccc(S(=O)(=O)N2CCC(n3c(=O)c(=O)n(C)c4ccc(C)nc43)CC2)cc1. The van der Waals surface area contributed by atoms with E-state index in [1.807, 2.05) is 13.8 Å². The molecule has 1 saturated heterocycles. The van der Waals surface area contributed by atoms with Gasteiger partial charge in [0.05, 0.1) is 10.4 Å².